The predicted octanol–water partition coefficient (Wildman–Crippen LogP) is 1.00. The minimum Gasteiger partial charge on any atom is -0.314 e. The molecule has 1 aliphatic carbocycles. The van der Waals surface area contributed by atoms with Gasteiger partial charge in [0.1, 0.15) is 0 Å². The van der Waals surface area contributed by atoms with Crippen molar-refractivity contribution in [3.05, 3.63) is 0 Å². The molecule has 1 saturated carbocycles. The van der Waals surface area contributed by atoms with Gasteiger partial charge in [-0.2, -0.15) is 0 Å². The molecule has 2 unspecified atom stereocenters. The quantitative estimate of drug-likeness (QED) is 0.478. The molecule has 0 radical (unpaired) electrons. The number of fused-ring (bicyclic) bond motifs is 1. The first-order chi connectivity index (χ1) is 3.47. The topological polar surface area (TPSA) is 12.0 Å². The van der Waals surface area contributed by atoms with E-state index in [4.69, 9.17) is 0 Å². The maximum absolute atomic E-state index is 3.46. The molecule has 2 aliphatic rings. The molecular weight excluding hydrogens is 86.1 g/mol. The van der Waals surface area contributed by atoms with E-state index in [1.807, 2.05) is 0 Å². The van der Waals surface area contributed by atoms with E-state index in [1.54, 1.807) is 0 Å². The summed E-state index contributed by atoms with van der Waals surface area (Å²) in [5, 5.41) is 3.46. The molecule has 2 fully saturated rings. The molecule has 1 N–H and O–H groups in total. The third kappa shape index (κ3) is 0.556. The summed E-state index contributed by atoms with van der Waals surface area (Å²) in [6.45, 7) is 1.28. The fourth-order valence-electron chi connectivity index (χ4n) is 1.47. The summed E-state index contributed by atoms with van der Waals surface area (Å²) in [7, 11) is 0. The zero-order valence-corrected chi connectivity index (χ0v) is 4.48. The summed E-state index contributed by atoms with van der Waals surface area (Å²) in [5.41, 5.74) is 0. The first-order valence-corrected chi connectivity index (χ1v) is 3.20. The molecule has 1 heterocycles. The Kier molecular flexibility index (Phi) is 0.680. The van der Waals surface area contributed by atoms with Gasteiger partial charge in [0.15, 0.2) is 0 Å². The van der Waals surface area contributed by atoms with Crippen molar-refractivity contribution in [3.63, 3.8) is 0 Å². The van der Waals surface area contributed by atoms with Crippen molar-refractivity contribution in [1.82, 2.24) is 5.32 Å². The minimum absolute atomic E-state index is 0. The number of hydrogen-bond donors (Lipinski definition) is 1. The van der Waals surface area contributed by atoms with Gasteiger partial charge < -0.3 is 5.32 Å². The van der Waals surface area contributed by atoms with E-state index in [9.17, 15) is 0 Å². The van der Waals surface area contributed by atoms with Crippen molar-refractivity contribution in [3.8, 4) is 0 Å². The zero-order chi connectivity index (χ0) is 4.69. The normalized spacial score (nSPS) is 48.0. The van der Waals surface area contributed by atoms with Gasteiger partial charge in [0.2, 0.25) is 0 Å². The van der Waals surface area contributed by atoms with E-state index in [0.717, 1.165) is 12.0 Å². The molecule has 2 atom stereocenters. The number of piperidine rings is 1. The van der Waals surface area contributed by atoms with Gasteiger partial charge in [0.25, 0.3) is 0 Å². The Hall–Kier alpha value is -0.0400. The molecule has 0 amide bonds. The molecular formula is C6H13N. The largest absolute Gasteiger partial charge is 0.314 e. The average Bonchev–Trinajstić information content (AvgIpc) is 2.41. The van der Waals surface area contributed by atoms with Gasteiger partial charge in [-0.3, -0.25) is 0 Å². The van der Waals surface area contributed by atoms with Crippen molar-refractivity contribution < 1.29 is 1.43 Å². The molecule has 0 bridgehead atoms. The Labute approximate surface area is 45.6 Å². The second-order valence-corrected chi connectivity index (χ2v) is 2.70. The van der Waals surface area contributed by atoms with E-state index in [2.05, 4.69) is 5.32 Å². The molecule has 0 aromatic rings. The zero-order valence-electron chi connectivity index (χ0n) is 4.48. The first kappa shape index (κ1) is 3.90. The van der Waals surface area contributed by atoms with Crippen molar-refractivity contribution in [2.45, 2.75) is 25.3 Å². The summed E-state index contributed by atoms with van der Waals surface area (Å²) in [5.74, 6) is 1.09. The van der Waals surface area contributed by atoms with Crippen LogP contribution in [0, 0.1) is 5.92 Å². The van der Waals surface area contributed by atoms with Crippen LogP contribution >= 0.6 is 0 Å². The Balaban J connectivity index is 0.000000320. The SMILES string of the molecule is C1CNC2CC2C1.[HH]. The maximum atomic E-state index is 3.46. The van der Waals surface area contributed by atoms with Crippen molar-refractivity contribution >= 4 is 0 Å². The third-order valence-electron chi connectivity index (χ3n) is 2.08. The van der Waals surface area contributed by atoms with Crippen LogP contribution in [0.5, 0.6) is 0 Å². The van der Waals surface area contributed by atoms with Gasteiger partial charge in [-0.1, -0.05) is 0 Å². The second kappa shape index (κ2) is 1.22. The highest BCUT2D eigenvalue weighted by atomic mass is 15.0. The predicted molar refractivity (Wildman–Crippen MR) is 31.2 cm³/mol. The van der Waals surface area contributed by atoms with Crippen molar-refractivity contribution in [2.75, 3.05) is 6.54 Å². The van der Waals surface area contributed by atoms with Gasteiger partial charge in [-0.25, -0.2) is 0 Å². The fourth-order valence-corrected chi connectivity index (χ4v) is 1.47. The Morgan fingerprint density at radius 3 is 3.14 bits per heavy atom. The lowest BCUT2D eigenvalue weighted by Crippen LogP contribution is -2.23. The van der Waals surface area contributed by atoms with Crippen molar-refractivity contribution in [2.24, 2.45) is 5.92 Å². The summed E-state index contributed by atoms with van der Waals surface area (Å²) in [4.78, 5) is 0. The van der Waals surface area contributed by atoms with Crippen LogP contribution < -0.4 is 5.32 Å². The van der Waals surface area contributed by atoms with Crippen LogP contribution in [0.4, 0.5) is 0 Å². The maximum Gasteiger partial charge on any atom is 0.00991 e. The van der Waals surface area contributed by atoms with E-state index in [1.165, 1.54) is 25.8 Å². The van der Waals surface area contributed by atoms with E-state index < -0.39 is 0 Å². The highest BCUT2D eigenvalue weighted by Gasteiger charge is 2.37. The Bertz CT molecular complexity index is 74.6. The van der Waals surface area contributed by atoms with Crippen LogP contribution in [0.25, 0.3) is 0 Å². The van der Waals surface area contributed by atoms with Crippen LogP contribution in [0.3, 0.4) is 0 Å². The molecule has 0 aromatic heterocycles. The molecule has 1 aliphatic heterocycles. The van der Waals surface area contributed by atoms with Crippen LogP contribution in [0.15, 0.2) is 0 Å². The molecule has 1 heteroatoms. The fraction of sp³-hybridized carbons (Fsp3) is 1.00. The molecule has 1 nitrogen and oxygen atoms in total. The second-order valence-electron chi connectivity index (χ2n) is 2.70. The van der Waals surface area contributed by atoms with Crippen molar-refractivity contribution in [1.29, 1.82) is 0 Å². The number of rotatable bonds is 0. The molecule has 2 rings (SSSR count). The van der Waals surface area contributed by atoms with Crippen LogP contribution in [0.2, 0.25) is 0 Å². The van der Waals surface area contributed by atoms with Crippen LogP contribution in [-0.2, 0) is 0 Å². The van der Waals surface area contributed by atoms with Crippen LogP contribution in [0.1, 0.15) is 20.7 Å². The van der Waals surface area contributed by atoms with Crippen LogP contribution in [-0.4, -0.2) is 12.6 Å². The van der Waals surface area contributed by atoms with E-state index in [0.29, 0.717) is 0 Å². The van der Waals surface area contributed by atoms with E-state index >= 15 is 0 Å². The van der Waals surface area contributed by atoms with Gasteiger partial charge in [0.05, 0.1) is 0 Å². The standard InChI is InChI=1S/C6H11N.H2/c1-2-5-4-6(5)7-3-1;/h5-7H,1-4H2;1H. The molecule has 42 valence electrons. The Morgan fingerprint density at radius 1 is 1.57 bits per heavy atom. The monoisotopic (exact) mass is 99.1 g/mol. The van der Waals surface area contributed by atoms with Gasteiger partial charge in [-0.15, -0.1) is 0 Å². The lowest BCUT2D eigenvalue weighted by Gasteiger charge is -2.08. The summed E-state index contributed by atoms with van der Waals surface area (Å²) < 4.78 is 0. The minimum atomic E-state index is 0. The molecule has 1 saturated heterocycles. The average molecular weight is 99.2 g/mol. The molecule has 7 heavy (non-hydrogen) atoms. The molecule has 0 spiro atoms. The summed E-state index contributed by atoms with van der Waals surface area (Å²) in [6.07, 6.45) is 4.39. The highest BCUT2D eigenvalue weighted by molar-refractivity contribution is 4.95. The highest BCUT2D eigenvalue weighted by Crippen LogP contribution is 2.36. The number of nitrogens with one attached hydrogen (secondary N) is 1. The number of hydrogen-bond acceptors (Lipinski definition) is 1. The lowest BCUT2D eigenvalue weighted by atomic mass is 10.2. The summed E-state index contributed by atoms with van der Waals surface area (Å²) in [6, 6.07) is 0.953. The third-order valence-corrected chi connectivity index (χ3v) is 2.08. The van der Waals surface area contributed by atoms with Gasteiger partial charge >= 0.3 is 0 Å². The first-order valence-electron chi connectivity index (χ1n) is 3.20. The summed E-state index contributed by atoms with van der Waals surface area (Å²) >= 11 is 0. The lowest BCUT2D eigenvalue weighted by molar-refractivity contribution is 0.505. The van der Waals surface area contributed by atoms with Gasteiger partial charge in [-0.05, 0) is 31.7 Å². The van der Waals surface area contributed by atoms with E-state index in [-0.39, 0.29) is 1.43 Å². The smallest absolute Gasteiger partial charge is 0.00991 e. The Morgan fingerprint density at radius 2 is 2.57 bits per heavy atom. The molecule has 0 aromatic carbocycles. The van der Waals surface area contributed by atoms with Gasteiger partial charge in [0, 0.05) is 7.47 Å².